The van der Waals surface area contributed by atoms with Crippen molar-refractivity contribution in [3.63, 3.8) is 0 Å². The van der Waals surface area contributed by atoms with Crippen LogP contribution in [0.5, 0.6) is 0 Å². The second kappa shape index (κ2) is 4.53. The first-order chi connectivity index (χ1) is 10.7. The molecule has 0 atom stereocenters. The van der Waals surface area contributed by atoms with Crippen molar-refractivity contribution in [2.75, 3.05) is 0 Å². The number of hydrogen-bond acceptors (Lipinski definition) is 2. The number of nitrogens with zero attached hydrogens (tertiary/aromatic N) is 3. The molecule has 0 aliphatic heterocycles. The Labute approximate surface area is 125 Å². The van der Waals surface area contributed by atoms with Gasteiger partial charge in [-0.15, -0.1) is 0 Å². The first-order valence-corrected chi connectivity index (χ1v) is 6.88. The van der Waals surface area contributed by atoms with E-state index in [1.807, 2.05) is 31.3 Å². The van der Waals surface area contributed by atoms with Crippen molar-refractivity contribution in [1.29, 1.82) is 0 Å². The van der Waals surface area contributed by atoms with E-state index in [2.05, 4.69) is 5.10 Å². The molecule has 4 nitrogen and oxygen atoms in total. The number of benzene rings is 2. The lowest BCUT2D eigenvalue weighted by molar-refractivity contribution is 0.0969. The van der Waals surface area contributed by atoms with Gasteiger partial charge in [-0.1, -0.05) is 24.3 Å². The molecule has 108 valence electrons. The predicted octanol–water partition coefficient (Wildman–Crippen LogP) is 3.36. The van der Waals surface area contributed by atoms with Crippen molar-refractivity contribution in [2.24, 2.45) is 7.05 Å². The molecule has 0 spiro atoms. The van der Waals surface area contributed by atoms with Gasteiger partial charge in [0, 0.05) is 18.0 Å². The van der Waals surface area contributed by atoms with Crippen LogP contribution in [0, 0.1) is 5.82 Å². The van der Waals surface area contributed by atoms with Crippen molar-refractivity contribution in [1.82, 2.24) is 14.3 Å². The van der Waals surface area contributed by atoms with Crippen LogP contribution in [0.2, 0.25) is 0 Å². The van der Waals surface area contributed by atoms with E-state index in [9.17, 15) is 9.18 Å². The smallest absolute Gasteiger partial charge is 0.263 e. The number of aryl methyl sites for hydroxylation is 1. The van der Waals surface area contributed by atoms with Crippen molar-refractivity contribution < 1.29 is 9.18 Å². The Morgan fingerprint density at radius 3 is 2.73 bits per heavy atom. The highest BCUT2D eigenvalue weighted by Crippen LogP contribution is 2.29. The molecular formula is C17H12FN3O. The highest BCUT2D eigenvalue weighted by atomic mass is 19.1. The Morgan fingerprint density at radius 1 is 1.09 bits per heavy atom. The fourth-order valence-electron chi connectivity index (χ4n) is 2.87. The third kappa shape index (κ3) is 1.69. The Balaban J connectivity index is 2.06. The van der Waals surface area contributed by atoms with Gasteiger partial charge in [-0.3, -0.25) is 14.0 Å². The quantitative estimate of drug-likeness (QED) is 0.540. The van der Waals surface area contributed by atoms with Crippen LogP contribution in [0.15, 0.2) is 54.7 Å². The molecular weight excluding hydrogens is 281 g/mol. The normalized spacial score (nSPS) is 11.4. The van der Waals surface area contributed by atoms with Crippen LogP contribution in [0.4, 0.5) is 4.39 Å². The van der Waals surface area contributed by atoms with Crippen molar-refractivity contribution in [2.45, 2.75) is 0 Å². The van der Waals surface area contributed by atoms with Gasteiger partial charge < -0.3 is 0 Å². The highest BCUT2D eigenvalue weighted by molar-refractivity contribution is 6.14. The van der Waals surface area contributed by atoms with Gasteiger partial charge in [0.25, 0.3) is 5.91 Å². The zero-order chi connectivity index (χ0) is 15.3. The van der Waals surface area contributed by atoms with Crippen LogP contribution >= 0.6 is 0 Å². The number of aromatic nitrogens is 3. The molecule has 0 N–H and O–H groups in total. The summed E-state index contributed by atoms with van der Waals surface area (Å²) >= 11 is 0. The second-order valence-electron chi connectivity index (χ2n) is 5.17. The molecule has 2 aromatic heterocycles. The van der Waals surface area contributed by atoms with E-state index in [0.717, 1.165) is 21.9 Å². The molecule has 22 heavy (non-hydrogen) atoms. The Kier molecular flexibility index (Phi) is 2.63. The van der Waals surface area contributed by atoms with E-state index in [1.165, 1.54) is 18.2 Å². The monoisotopic (exact) mass is 293 g/mol. The van der Waals surface area contributed by atoms with E-state index < -0.39 is 5.82 Å². The maximum absolute atomic E-state index is 13.4. The number of halogens is 1. The van der Waals surface area contributed by atoms with Crippen LogP contribution < -0.4 is 0 Å². The highest BCUT2D eigenvalue weighted by Gasteiger charge is 2.19. The third-order valence-corrected chi connectivity index (χ3v) is 3.84. The van der Waals surface area contributed by atoms with E-state index in [-0.39, 0.29) is 5.91 Å². The van der Waals surface area contributed by atoms with E-state index in [1.54, 1.807) is 21.5 Å². The molecule has 2 aromatic carbocycles. The zero-order valence-electron chi connectivity index (χ0n) is 11.8. The maximum atomic E-state index is 13.4. The van der Waals surface area contributed by atoms with Crippen LogP contribution in [0.25, 0.3) is 21.9 Å². The summed E-state index contributed by atoms with van der Waals surface area (Å²) in [5.41, 5.74) is 2.71. The summed E-state index contributed by atoms with van der Waals surface area (Å²) in [4.78, 5) is 12.9. The Bertz CT molecular complexity index is 1030. The minimum absolute atomic E-state index is 0.265. The Hall–Kier alpha value is -2.95. The van der Waals surface area contributed by atoms with E-state index in [0.29, 0.717) is 5.56 Å². The van der Waals surface area contributed by atoms with Gasteiger partial charge in [-0.2, -0.15) is 5.10 Å². The number of rotatable bonds is 1. The fourth-order valence-corrected chi connectivity index (χ4v) is 2.87. The summed E-state index contributed by atoms with van der Waals surface area (Å²) in [6, 6.07) is 13.4. The summed E-state index contributed by atoms with van der Waals surface area (Å²) < 4.78 is 16.8. The van der Waals surface area contributed by atoms with Gasteiger partial charge in [0.1, 0.15) is 5.82 Å². The summed E-state index contributed by atoms with van der Waals surface area (Å²) in [5.74, 6) is -0.691. The molecule has 0 aliphatic carbocycles. The van der Waals surface area contributed by atoms with Crippen LogP contribution in [-0.2, 0) is 7.05 Å². The molecule has 2 heterocycles. The molecule has 0 fully saturated rings. The molecule has 4 aromatic rings. The minimum Gasteiger partial charge on any atom is -0.272 e. The van der Waals surface area contributed by atoms with Crippen molar-refractivity contribution in [3.05, 3.63) is 66.1 Å². The third-order valence-electron chi connectivity index (χ3n) is 3.84. The molecule has 0 amide bonds. The second-order valence-corrected chi connectivity index (χ2v) is 5.17. The number of para-hydroxylation sites is 1. The average Bonchev–Trinajstić information content (AvgIpc) is 3.05. The van der Waals surface area contributed by atoms with Gasteiger partial charge in [0.2, 0.25) is 0 Å². The zero-order valence-corrected chi connectivity index (χ0v) is 11.8. The predicted molar refractivity (Wildman–Crippen MR) is 82.3 cm³/mol. The molecule has 0 saturated carbocycles. The van der Waals surface area contributed by atoms with Crippen LogP contribution in [0.1, 0.15) is 10.4 Å². The van der Waals surface area contributed by atoms with Crippen molar-refractivity contribution >= 4 is 27.8 Å². The fraction of sp³-hybridized carbons (Fsp3) is 0.0588. The van der Waals surface area contributed by atoms with E-state index in [4.69, 9.17) is 0 Å². The molecule has 0 aliphatic rings. The lowest BCUT2D eigenvalue weighted by Gasteiger charge is -2.05. The molecule has 5 heteroatoms. The molecule has 0 bridgehead atoms. The molecule has 0 radical (unpaired) electrons. The first-order valence-electron chi connectivity index (χ1n) is 6.88. The first kappa shape index (κ1) is 12.8. The SMILES string of the molecule is Cn1ncc2c1c1ccccc1n2C(=O)c1cccc(F)c1. The van der Waals surface area contributed by atoms with Gasteiger partial charge in [0.05, 0.1) is 22.7 Å². The minimum atomic E-state index is -0.426. The summed E-state index contributed by atoms with van der Waals surface area (Å²) in [7, 11) is 1.84. The number of hydrogen-bond donors (Lipinski definition) is 0. The average molecular weight is 293 g/mol. The van der Waals surface area contributed by atoms with Crippen LogP contribution in [-0.4, -0.2) is 20.3 Å². The number of fused-ring (bicyclic) bond motifs is 3. The maximum Gasteiger partial charge on any atom is 0.263 e. The molecule has 0 unspecified atom stereocenters. The number of carbonyl (C=O) groups is 1. The van der Waals surface area contributed by atoms with Gasteiger partial charge >= 0.3 is 0 Å². The summed E-state index contributed by atoms with van der Waals surface area (Å²) in [5, 5.41) is 5.18. The van der Waals surface area contributed by atoms with Gasteiger partial charge in [-0.25, -0.2) is 4.39 Å². The standard InChI is InChI=1S/C17H12FN3O/c1-20-16-13-7-2-3-8-14(13)21(15(16)10-19-20)17(22)11-5-4-6-12(18)9-11/h2-10H,1H3. The van der Waals surface area contributed by atoms with Gasteiger partial charge in [0.15, 0.2) is 0 Å². The lowest BCUT2D eigenvalue weighted by atomic mass is 10.2. The van der Waals surface area contributed by atoms with Crippen LogP contribution in [0.3, 0.4) is 0 Å². The lowest BCUT2D eigenvalue weighted by Crippen LogP contribution is -2.11. The molecule has 0 saturated heterocycles. The Morgan fingerprint density at radius 2 is 1.91 bits per heavy atom. The van der Waals surface area contributed by atoms with E-state index >= 15 is 0 Å². The topological polar surface area (TPSA) is 39.8 Å². The van der Waals surface area contributed by atoms with Crippen molar-refractivity contribution in [3.8, 4) is 0 Å². The summed E-state index contributed by atoms with van der Waals surface area (Å²) in [6.45, 7) is 0. The number of carbonyl (C=O) groups excluding carboxylic acids is 1. The summed E-state index contributed by atoms with van der Waals surface area (Å²) in [6.07, 6.45) is 1.66. The largest absolute Gasteiger partial charge is 0.272 e. The molecule has 4 rings (SSSR count). The van der Waals surface area contributed by atoms with Gasteiger partial charge in [-0.05, 0) is 24.3 Å².